The van der Waals surface area contributed by atoms with Crippen LogP contribution in [0.4, 0.5) is 0 Å². The van der Waals surface area contributed by atoms with Gasteiger partial charge < -0.3 is 24.8 Å². The van der Waals surface area contributed by atoms with Crippen molar-refractivity contribution in [2.75, 3.05) is 0 Å². The Morgan fingerprint density at radius 1 is 0.658 bits per heavy atom. The van der Waals surface area contributed by atoms with E-state index in [9.17, 15) is 0 Å². The van der Waals surface area contributed by atoms with Crippen molar-refractivity contribution in [2.24, 2.45) is 5.41 Å². The van der Waals surface area contributed by atoms with Gasteiger partial charge in [-0.2, -0.15) is 11.6 Å². The van der Waals surface area contributed by atoms with Crippen LogP contribution in [0.2, 0.25) is 0 Å². The third-order valence-corrected chi connectivity index (χ3v) is 7.63. The maximum absolute atomic E-state index is 3.16. The van der Waals surface area contributed by atoms with Gasteiger partial charge in [0.1, 0.15) is 0 Å². The van der Waals surface area contributed by atoms with Crippen molar-refractivity contribution in [1.82, 2.24) is 0 Å². The monoisotopic (exact) mass is 612 g/mol. The number of halogens is 2. The van der Waals surface area contributed by atoms with Gasteiger partial charge in [0.05, 0.1) is 0 Å². The van der Waals surface area contributed by atoms with E-state index in [4.69, 9.17) is 0 Å². The molecule has 0 atom stereocenters. The van der Waals surface area contributed by atoms with Crippen molar-refractivity contribution >= 4 is 24.8 Å². The van der Waals surface area contributed by atoms with Crippen LogP contribution in [0.1, 0.15) is 38.3 Å². The fourth-order valence-electron chi connectivity index (χ4n) is 4.20. The van der Waals surface area contributed by atoms with Gasteiger partial charge in [0, 0.05) is 0 Å². The number of benzene rings is 4. The second kappa shape index (κ2) is 15.2. The van der Waals surface area contributed by atoms with Gasteiger partial charge in [-0.25, -0.2) is 6.08 Å². The maximum atomic E-state index is 3.16. The molecule has 3 heteroatoms. The van der Waals surface area contributed by atoms with Gasteiger partial charge in [-0.15, -0.1) is 46.2 Å². The summed E-state index contributed by atoms with van der Waals surface area (Å²) in [7, 11) is 0. The number of hydrogen-bond acceptors (Lipinski definition) is 0. The molecule has 0 unspecified atom stereocenters. The number of fused-ring (bicyclic) bond motifs is 3. The SMILES string of the molecule is CC(C)(C)C1=CC[C-]=C1.[Cl-].[Cl-].[Zr+2]=[C](c1ccccc1)c1ccccc1.c1ccc2c(c1)[cH-]c1ccccc12. The Balaban J connectivity index is 0.000000200. The van der Waals surface area contributed by atoms with E-state index in [1.54, 1.807) is 0 Å². The Morgan fingerprint density at radius 3 is 1.45 bits per heavy atom. The molecule has 0 aliphatic heterocycles. The second-order valence-corrected chi connectivity index (χ2v) is 11.1. The van der Waals surface area contributed by atoms with Crippen LogP contribution in [0, 0.1) is 11.5 Å². The standard InChI is InChI=1S/C13H9.C13H10.C9H13.2ClH.Zr/c1-3-7-12-10(5-1)9-11-6-2-4-8-13(11)12;1-3-7-12(8-4-1)11-13-9-5-2-6-10-13;1-9(2,3)8-6-4-5-7-8;;;/h1-9H;1-10H;6-7H,4H2,1-3H3;2*1H;/q-1;;-1;;;+2/p-2. The summed E-state index contributed by atoms with van der Waals surface area (Å²) in [6.45, 7) is 6.67. The molecule has 0 aromatic heterocycles. The molecule has 0 N–H and O–H groups in total. The molecule has 0 nitrogen and oxygen atoms in total. The molecular weight excluding hydrogens is 583 g/mol. The fraction of sp³-hybridized carbons (Fsp3) is 0.143. The maximum Gasteiger partial charge on any atom is -0.0771 e. The van der Waals surface area contributed by atoms with Crippen LogP contribution in [0.3, 0.4) is 0 Å². The van der Waals surface area contributed by atoms with E-state index in [2.05, 4.69) is 154 Å². The van der Waals surface area contributed by atoms with Crippen LogP contribution in [0.5, 0.6) is 0 Å². The molecule has 0 radical (unpaired) electrons. The first-order valence-electron chi connectivity index (χ1n) is 12.4. The first kappa shape index (κ1) is 31.8. The average molecular weight is 615 g/mol. The van der Waals surface area contributed by atoms with Crippen molar-refractivity contribution in [3.8, 4) is 0 Å². The molecule has 192 valence electrons. The summed E-state index contributed by atoms with van der Waals surface area (Å²) < 4.78 is 1.42. The number of hydrogen-bond donors (Lipinski definition) is 0. The molecule has 0 fully saturated rings. The molecule has 0 saturated heterocycles. The van der Waals surface area contributed by atoms with E-state index in [0.29, 0.717) is 5.41 Å². The van der Waals surface area contributed by atoms with E-state index in [1.165, 1.54) is 65.7 Å². The van der Waals surface area contributed by atoms with Crippen LogP contribution >= 0.6 is 0 Å². The smallest absolute Gasteiger partial charge is 0.0771 e. The number of rotatable bonds is 2. The molecule has 6 rings (SSSR count). The largest absolute Gasteiger partial charge is 0.126 e. The molecule has 0 saturated carbocycles. The summed E-state index contributed by atoms with van der Waals surface area (Å²) in [6.07, 6.45) is 8.50. The molecule has 5 aromatic carbocycles. The van der Waals surface area contributed by atoms with E-state index >= 15 is 0 Å². The van der Waals surface area contributed by atoms with Gasteiger partial charge in [-0.3, -0.25) is 6.08 Å². The Hall–Kier alpha value is -2.44. The molecule has 38 heavy (non-hydrogen) atoms. The first-order chi connectivity index (χ1) is 17.4. The molecule has 0 spiro atoms. The predicted octanol–water partition coefficient (Wildman–Crippen LogP) is 3.24. The van der Waals surface area contributed by atoms with Crippen LogP contribution < -0.4 is 24.8 Å². The summed E-state index contributed by atoms with van der Waals surface area (Å²) in [4.78, 5) is 0. The normalized spacial score (nSPS) is 11.8. The minimum absolute atomic E-state index is 0. The second-order valence-electron chi connectivity index (χ2n) is 9.89. The summed E-state index contributed by atoms with van der Waals surface area (Å²) in [5.74, 6) is 0. The summed E-state index contributed by atoms with van der Waals surface area (Å²) >= 11 is 1.46. The van der Waals surface area contributed by atoms with Crippen LogP contribution in [0.25, 0.3) is 21.5 Å². The van der Waals surface area contributed by atoms with E-state index in [0.717, 1.165) is 6.42 Å². The van der Waals surface area contributed by atoms with Crippen molar-refractivity contribution in [3.05, 3.63) is 150 Å². The van der Waals surface area contributed by atoms with Gasteiger partial charge >= 0.3 is 99.2 Å². The summed E-state index contributed by atoms with van der Waals surface area (Å²) in [5, 5.41) is 5.39. The molecular formula is C35H32Cl2Zr-2. The molecule has 5 aromatic rings. The topological polar surface area (TPSA) is 0 Å². The zero-order valence-corrected chi connectivity index (χ0v) is 26.1. The van der Waals surface area contributed by atoms with Crippen LogP contribution in [-0.4, -0.2) is 3.21 Å². The fourth-order valence-corrected chi connectivity index (χ4v) is 5.02. The van der Waals surface area contributed by atoms with Gasteiger partial charge in [0.25, 0.3) is 0 Å². The third-order valence-electron chi connectivity index (χ3n) is 6.21. The van der Waals surface area contributed by atoms with E-state index in [-0.39, 0.29) is 24.8 Å². The van der Waals surface area contributed by atoms with Crippen LogP contribution in [0.15, 0.2) is 133 Å². The molecule has 0 bridgehead atoms. The van der Waals surface area contributed by atoms with Crippen molar-refractivity contribution < 1.29 is 49.0 Å². The third kappa shape index (κ3) is 8.54. The van der Waals surface area contributed by atoms with Crippen LogP contribution in [-0.2, 0) is 24.2 Å². The Kier molecular flexibility index (Phi) is 12.7. The Morgan fingerprint density at radius 2 is 1.08 bits per heavy atom. The molecule has 1 aliphatic carbocycles. The van der Waals surface area contributed by atoms with E-state index in [1.807, 2.05) is 0 Å². The van der Waals surface area contributed by atoms with Crippen molar-refractivity contribution in [1.29, 1.82) is 0 Å². The molecule has 1 aliphatic rings. The molecule has 0 amide bonds. The van der Waals surface area contributed by atoms with Crippen molar-refractivity contribution in [2.45, 2.75) is 27.2 Å². The minimum atomic E-state index is 0. The van der Waals surface area contributed by atoms with E-state index < -0.39 is 0 Å². The molecule has 0 heterocycles. The number of allylic oxidation sites excluding steroid dienone is 4. The Bertz CT molecular complexity index is 1400. The summed E-state index contributed by atoms with van der Waals surface area (Å²) in [6, 6.07) is 40.4. The minimum Gasteiger partial charge on any atom is -0.126 e. The summed E-state index contributed by atoms with van der Waals surface area (Å²) in [5.41, 5.74) is 4.40. The van der Waals surface area contributed by atoms with Crippen molar-refractivity contribution in [3.63, 3.8) is 0 Å². The van der Waals surface area contributed by atoms with Gasteiger partial charge in [0.2, 0.25) is 0 Å². The van der Waals surface area contributed by atoms with Gasteiger partial charge in [-0.1, -0.05) is 62.6 Å². The predicted molar refractivity (Wildman–Crippen MR) is 153 cm³/mol. The van der Waals surface area contributed by atoms with Gasteiger partial charge in [0.15, 0.2) is 0 Å². The average Bonchev–Trinajstić information content (AvgIpc) is 3.59. The van der Waals surface area contributed by atoms with Gasteiger partial charge in [-0.05, 0) is 0 Å². The Labute approximate surface area is 255 Å². The quantitative estimate of drug-likeness (QED) is 0.268. The zero-order valence-electron chi connectivity index (χ0n) is 22.1. The first-order valence-corrected chi connectivity index (χ1v) is 13.7. The zero-order chi connectivity index (χ0) is 25.4.